The maximum absolute atomic E-state index is 10.9. The Morgan fingerprint density at radius 2 is 2.25 bits per heavy atom. The quantitative estimate of drug-likeness (QED) is 0.426. The summed E-state index contributed by atoms with van der Waals surface area (Å²) in [5, 5.41) is 13.6. The molecule has 0 bridgehead atoms. The van der Waals surface area contributed by atoms with Gasteiger partial charge in [-0.3, -0.25) is 4.79 Å². The number of carbonyl (C=O) groups is 1. The zero-order valence-electron chi connectivity index (χ0n) is 6.97. The lowest BCUT2D eigenvalue weighted by Crippen LogP contribution is -2.36. The maximum Gasteiger partial charge on any atom is 0.233 e. The lowest BCUT2D eigenvalue weighted by Gasteiger charge is -2.02. The van der Waals surface area contributed by atoms with Crippen LogP contribution in [0.15, 0.2) is 0 Å². The highest BCUT2D eigenvalue weighted by Gasteiger charge is 1.97. The number of hydrogen-bond acceptors (Lipinski definition) is 4. The summed E-state index contributed by atoms with van der Waals surface area (Å²) in [6, 6.07) is 1.94. The molecule has 0 rings (SSSR count). The van der Waals surface area contributed by atoms with Crippen LogP contribution >= 0.6 is 0 Å². The number of nitrogens with one attached hydrogen (secondary N) is 2. The first kappa shape index (κ1) is 10.9. The Kier molecular flexibility index (Phi) is 7.24. The summed E-state index contributed by atoms with van der Waals surface area (Å²) in [7, 11) is 0. The smallest absolute Gasteiger partial charge is 0.233 e. The third kappa shape index (κ3) is 6.99. The predicted octanol–water partition coefficient (Wildman–Crippen LogP) is -1.44. The Hall–Kier alpha value is -1.12. The molecule has 0 aromatic carbocycles. The van der Waals surface area contributed by atoms with Crippen LogP contribution in [0.5, 0.6) is 0 Å². The minimum Gasteiger partial charge on any atom is -0.354 e. The first-order chi connectivity index (χ1) is 5.81. The van der Waals surface area contributed by atoms with Crippen LogP contribution in [0.3, 0.4) is 0 Å². The summed E-state index contributed by atoms with van der Waals surface area (Å²) in [5.41, 5.74) is 5.20. The average Bonchev–Trinajstić information content (AvgIpc) is 2.06. The first-order valence-corrected chi connectivity index (χ1v) is 3.85. The molecule has 0 aliphatic carbocycles. The second-order valence-electron chi connectivity index (χ2n) is 2.22. The van der Waals surface area contributed by atoms with Crippen LogP contribution in [-0.4, -0.2) is 32.1 Å². The molecule has 0 saturated carbocycles. The van der Waals surface area contributed by atoms with Crippen molar-refractivity contribution < 1.29 is 4.79 Å². The summed E-state index contributed by atoms with van der Waals surface area (Å²) in [6.07, 6.45) is 0.350. The van der Waals surface area contributed by atoms with Crippen LogP contribution in [0, 0.1) is 11.3 Å². The Morgan fingerprint density at radius 1 is 1.50 bits per heavy atom. The average molecular weight is 170 g/mol. The third-order valence-corrected chi connectivity index (χ3v) is 1.17. The molecule has 0 unspecified atom stereocenters. The summed E-state index contributed by atoms with van der Waals surface area (Å²) < 4.78 is 0. The summed E-state index contributed by atoms with van der Waals surface area (Å²) in [6.45, 7) is 1.83. The molecule has 0 heterocycles. The second kappa shape index (κ2) is 7.98. The van der Waals surface area contributed by atoms with E-state index in [1.165, 1.54) is 0 Å². The molecule has 0 aliphatic heterocycles. The lowest BCUT2D eigenvalue weighted by atomic mass is 10.4. The number of rotatable bonds is 6. The molecule has 0 fully saturated rings. The van der Waals surface area contributed by atoms with E-state index in [4.69, 9.17) is 11.0 Å². The van der Waals surface area contributed by atoms with E-state index in [9.17, 15) is 4.79 Å². The number of nitrogens with two attached hydrogens (primary N) is 1. The fraction of sp³-hybridized carbons (Fsp3) is 0.714. The van der Waals surface area contributed by atoms with Crippen molar-refractivity contribution in [3.63, 3.8) is 0 Å². The van der Waals surface area contributed by atoms with Gasteiger partial charge in [-0.15, -0.1) is 0 Å². The fourth-order valence-electron chi connectivity index (χ4n) is 0.624. The van der Waals surface area contributed by atoms with Gasteiger partial charge >= 0.3 is 0 Å². The third-order valence-electron chi connectivity index (χ3n) is 1.17. The van der Waals surface area contributed by atoms with E-state index in [-0.39, 0.29) is 12.5 Å². The standard InChI is InChI=1S/C7H14N4O/c8-2-1-4-11-7(12)6-10-5-3-9/h10H,1,3-6,9H2,(H,11,12). The Morgan fingerprint density at radius 3 is 2.83 bits per heavy atom. The van der Waals surface area contributed by atoms with Crippen molar-refractivity contribution in [1.82, 2.24) is 10.6 Å². The number of nitriles is 1. The summed E-state index contributed by atoms with van der Waals surface area (Å²) >= 11 is 0. The van der Waals surface area contributed by atoms with Gasteiger partial charge in [0.25, 0.3) is 0 Å². The van der Waals surface area contributed by atoms with Crippen molar-refractivity contribution in [2.75, 3.05) is 26.2 Å². The van der Waals surface area contributed by atoms with Crippen molar-refractivity contribution in [3.8, 4) is 6.07 Å². The Bertz CT molecular complexity index is 163. The van der Waals surface area contributed by atoms with Gasteiger partial charge in [0.1, 0.15) is 0 Å². The molecular weight excluding hydrogens is 156 g/mol. The second-order valence-corrected chi connectivity index (χ2v) is 2.22. The lowest BCUT2D eigenvalue weighted by molar-refractivity contribution is -0.120. The molecular formula is C7H14N4O. The van der Waals surface area contributed by atoms with Gasteiger partial charge in [-0.25, -0.2) is 0 Å². The van der Waals surface area contributed by atoms with E-state index in [0.717, 1.165) is 0 Å². The molecule has 5 nitrogen and oxygen atoms in total. The van der Waals surface area contributed by atoms with E-state index in [1.807, 2.05) is 6.07 Å². The van der Waals surface area contributed by atoms with Gasteiger partial charge in [0.2, 0.25) is 5.91 Å². The van der Waals surface area contributed by atoms with Crippen LogP contribution in [-0.2, 0) is 4.79 Å². The van der Waals surface area contributed by atoms with Gasteiger partial charge in [0.05, 0.1) is 19.0 Å². The van der Waals surface area contributed by atoms with Gasteiger partial charge in [0.15, 0.2) is 0 Å². The summed E-state index contributed by atoms with van der Waals surface area (Å²) in [4.78, 5) is 10.9. The van der Waals surface area contributed by atoms with Crippen molar-refractivity contribution >= 4 is 5.91 Å². The molecule has 12 heavy (non-hydrogen) atoms. The van der Waals surface area contributed by atoms with Crippen LogP contribution in [0.25, 0.3) is 0 Å². The first-order valence-electron chi connectivity index (χ1n) is 3.85. The number of hydrogen-bond donors (Lipinski definition) is 3. The normalized spacial score (nSPS) is 9.00. The van der Waals surface area contributed by atoms with Crippen LogP contribution in [0.1, 0.15) is 6.42 Å². The molecule has 0 aliphatic rings. The van der Waals surface area contributed by atoms with Crippen LogP contribution in [0.2, 0.25) is 0 Å². The SMILES string of the molecule is N#CCCNC(=O)CNCCN. The van der Waals surface area contributed by atoms with Gasteiger partial charge in [-0.1, -0.05) is 0 Å². The Balaban J connectivity index is 3.17. The number of nitrogens with zero attached hydrogens (tertiary/aromatic N) is 1. The zero-order chi connectivity index (χ0) is 9.23. The predicted molar refractivity (Wildman–Crippen MR) is 45.2 cm³/mol. The van der Waals surface area contributed by atoms with Crippen molar-refractivity contribution in [1.29, 1.82) is 5.26 Å². The topological polar surface area (TPSA) is 90.9 Å². The maximum atomic E-state index is 10.9. The van der Waals surface area contributed by atoms with E-state index >= 15 is 0 Å². The molecule has 0 saturated heterocycles. The molecule has 0 aromatic rings. The number of carbonyl (C=O) groups excluding carboxylic acids is 1. The minimum atomic E-state index is -0.0984. The van der Waals surface area contributed by atoms with Gasteiger partial charge in [0, 0.05) is 19.6 Å². The van der Waals surface area contributed by atoms with Crippen molar-refractivity contribution in [2.24, 2.45) is 5.73 Å². The van der Waals surface area contributed by atoms with Gasteiger partial charge in [-0.05, 0) is 0 Å². The highest BCUT2D eigenvalue weighted by Crippen LogP contribution is 1.70. The van der Waals surface area contributed by atoms with Gasteiger partial charge in [-0.2, -0.15) is 5.26 Å². The van der Waals surface area contributed by atoms with E-state index < -0.39 is 0 Å². The van der Waals surface area contributed by atoms with Gasteiger partial charge < -0.3 is 16.4 Å². The summed E-state index contributed by atoms with van der Waals surface area (Å²) in [5.74, 6) is -0.0984. The van der Waals surface area contributed by atoms with Crippen LogP contribution in [0.4, 0.5) is 0 Å². The molecule has 0 atom stereocenters. The van der Waals surface area contributed by atoms with E-state index in [0.29, 0.717) is 26.1 Å². The molecule has 0 aromatic heterocycles. The molecule has 5 heteroatoms. The van der Waals surface area contributed by atoms with E-state index in [1.54, 1.807) is 0 Å². The van der Waals surface area contributed by atoms with Crippen molar-refractivity contribution in [3.05, 3.63) is 0 Å². The Labute approximate surface area is 71.9 Å². The largest absolute Gasteiger partial charge is 0.354 e. The van der Waals surface area contributed by atoms with E-state index in [2.05, 4.69) is 10.6 Å². The monoisotopic (exact) mass is 170 g/mol. The fourth-order valence-corrected chi connectivity index (χ4v) is 0.624. The highest BCUT2D eigenvalue weighted by molar-refractivity contribution is 5.77. The van der Waals surface area contributed by atoms with Crippen molar-refractivity contribution in [2.45, 2.75) is 6.42 Å². The molecule has 1 amide bonds. The van der Waals surface area contributed by atoms with Crippen LogP contribution < -0.4 is 16.4 Å². The molecule has 0 spiro atoms. The number of amides is 1. The highest BCUT2D eigenvalue weighted by atomic mass is 16.1. The molecule has 4 N–H and O–H groups in total. The minimum absolute atomic E-state index is 0.0984. The molecule has 0 radical (unpaired) electrons. The molecule has 68 valence electrons. The zero-order valence-corrected chi connectivity index (χ0v) is 6.97.